The Morgan fingerprint density at radius 1 is 1.55 bits per heavy atom. The molecule has 2 aromatic heterocycles. The Hall–Kier alpha value is -1.11. The first-order chi connectivity index (χ1) is 9.81. The summed E-state index contributed by atoms with van der Waals surface area (Å²) in [5.41, 5.74) is 1.26. The van der Waals surface area contributed by atoms with E-state index in [-0.39, 0.29) is 0 Å². The molecule has 1 aliphatic rings. The number of thiazole rings is 1. The quantitative estimate of drug-likeness (QED) is 0.794. The van der Waals surface area contributed by atoms with E-state index < -0.39 is 0 Å². The lowest BCUT2D eigenvalue weighted by molar-refractivity contribution is 0.199. The van der Waals surface area contributed by atoms with E-state index in [2.05, 4.69) is 33.2 Å². The Balaban J connectivity index is 1.80. The molecule has 6 heteroatoms. The van der Waals surface area contributed by atoms with Crippen LogP contribution in [0.15, 0.2) is 11.6 Å². The highest BCUT2D eigenvalue weighted by atomic mass is 32.1. The minimum Gasteiger partial charge on any atom is -0.383 e. The summed E-state index contributed by atoms with van der Waals surface area (Å²) in [6, 6.07) is 0.664. The third kappa shape index (κ3) is 2.55. The van der Waals surface area contributed by atoms with Crippen LogP contribution < -0.4 is 10.2 Å². The van der Waals surface area contributed by atoms with Gasteiger partial charge in [0.25, 0.3) is 0 Å². The molecule has 0 atom stereocenters. The van der Waals surface area contributed by atoms with Crippen molar-refractivity contribution in [1.82, 2.24) is 14.7 Å². The van der Waals surface area contributed by atoms with Gasteiger partial charge >= 0.3 is 0 Å². The average molecular weight is 294 g/mol. The van der Waals surface area contributed by atoms with E-state index in [1.54, 1.807) is 18.4 Å². The normalized spacial score (nSPS) is 15.7. The molecule has 0 bridgehead atoms. The maximum atomic E-state index is 5.08. The number of nitrogens with zero attached hydrogens (tertiary/aromatic N) is 3. The van der Waals surface area contributed by atoms with Gasteiger partial charge in [-0.05, 0) is 19.3 Å². The fourth-order valence-corrected chi connectivity index (χ4v) is 3.32. The molecule has 5 nitrogen and oxygen atoms in total. The zero-order valence-corrected chi connectivity index (χ0v) is 12.9. The third-order valence-electron chi connectivity index (χ3n) is 4.07. The highest BCUT2D eigenvalue weighted by Gasteiger charge is 2.26. The van der Waals surface area contributed by atoms with Crippen molar-refractivity contribution < 1.29 is 4.74 Å². The summed E-state index contributed by atoms with van der Waals surface area (Å²) < 4.78 is 7.29. The van der Waals surface area contributed by atoms with Gasteiger partial charge in [0.2, 0.25) is 0 Å². The second-order valence-corrected chi connectivity index (χ2v) is 6.18. The summed E-state index contributed by atoms with van der Waals surface area (Å²) in [7, 11) is 3.91. The van der Waals surface area contributed by atoms with Gasteiger partial charge in [-0.15, -0.1) is 11.3 Å². The molecule has 0 saturated heterocycles. The average Bonchev–Trinajstić information content (AvgIpc) is 2.93. The van der Waals surface area contributed by atoms with Crippen molar-refractivity contribution in [2.24, 2.45) is 0 Å². The maximum Gasteiger partial charge on any atom is 0.195 e. The Kier molecular flexibility index (Phi) is 4.24. The van der Waals surface area contributed by atoms with Crippen molar-refractivity contribution in [3.8, 4) is 0 Å². The minimum atomic E-state index is 0.664. The standard InChI is InChI=1S/C14H22N4OS/c1-17(11-4-3-5-11)13-12(10-15-6-8-19-2)18-7-9-20-14(18)16-13/h7,9,11,15H,3-6,8,10H2,1-2H3. The second-order valence-electron chi connectivity index (χ2n) is 5.30. The smallest absolute Gasteiger partial charge is 0.195 e. The van der Waals surface area contributed by atoms with Gasteiger partial charge in [-0.1, -0.05) is 0 Å². The first kappa shape index (κ1) is 13.9. The van der Waals surface area contributed by atoms with Crippen LogP contribution in [0.3, 0.4) is 0 Å². The van der Waals surface area contributed by atoms with E-state index in [0.29, 0.717) is 6.04 Å². The summed E-state index contributed by atoms with van der Waals surface area (Å²) in [5, 5.41) is 5.52. The summed E-state index contributed by atoms with van der Waals surface area (Å²) in [6.07, 6.45) is 6.04. The van der Waals surface area contributed by atoms with Crippen LogP contribution in [-0.4, -0.2) is 42.7 Å². The van der Waals surface area contributed by atoms with Crippen LogP contribution in [0.1, 0.15) is 25.0 Å². The fraction of sp³-hybridized carbons (Fsp3) is 0.643. The Morgan fingerprint density at radius 3 is 3.10 bits per heavy atom. The first-order valence-corrected chi connectivity index (χ1v) is 8.06. The summed E-state index contributed by atoms with van der Waals surface area (Å²) in [6.45, 7) is 2.42. The molecule has 1 N–H and O–H groups in total. The highest BCUT2D eigenvalue weighted by Crippen LogP contribution is 2.31. The van der Waals surface area contributed by atoms with Crippen LogP contribution in [0, 0.1) is 0 Å². The Labute approximate surface area is 123 Å². The van der Waals surface area contributed by atoms with Gasteiger partial charge in [0.1, 0.15) is 0 Å². The van der Waals surface area contributed by atoms with Gasteiger partial charge in [-0.25, -0.2) is 4.98 Å². The van der Waals surface area contributed by atoms with E-state index in [9.17, 15) is 0 Å². The summed E-state index contributed by atoms with van der Waals surface area (Å²) >= 11 is 1.69. The van der Waals surface area contributed by atoms with Crippen LogP contribution in [0.5, 0.6) is 0 Å². The van der Waals surface area contributed by atoms with Crippen molar-refractivity contribution in [3.05, 3.63) is 17.3 Å². The van der Waals surface area contributed by atoms with E-state index in [0.717, 1.165) is 30.5 Å². The van der Waals surface area contributed by atoms with Gasteiger partial charge in [0.15, 0.2) is 10.8 Å². The van der Waals surface area contributed by atoms with Crippen molar-refractivity contribution in [1.29, 1.82) is 0 Å². The number of rotatable bonds is 7. The van der Waals surface area contributed by atoms with Crippen LogP contribution in [0.4, 0.5) is 5.82 Å². The molecule has 3 rings (SSSR count). The molecule has 110 valence electrons. The molecule has 0 amide bonds. The number of imidazole rings is 1. The SMILES string of the molecule is COCCNCc1c(N(C)C2CCC2)nc2sccn12. The zero-order chi connectivity index (χ0) is 13.9. The molecular formula is C14H22N4OS. The lowest BCUT2D eigenvalue weighted by Gasteiger charge is -2.35. The molecule has 1 aliphatic carbocycles. The number of fused-ring (bicyclic) bond motifs is 1. The molecule has 2 heterocycles. The van der Waals surface area contributed by atoms with Crippen LogP contribution in [0.25, 0.3) is 4.96 Å². The van der Waals surface area contributed by atoms with E-state index >= 15 is 0 Å². The molecule has 20 heavy (non-hydrogen) atoms. The largest absolute Gasteiger partial charge is 0.383 e. The number of nitrogens with one attached hydrogen (secondary N) is 1. The van der Waals surface area contributed by atoms with E-state index in [4.69, 9.17) is 9.72 Å². The number of aromatic nitrogens is 2. The van der Waals surface area contributed by atoms with Gasteiger partial charge < -0.3 is 15.0 Å². The van der Waals surface area contributed by atoms with Crippen molar-refractivity contribution in [3.63, 3.8) is 0 Å². The topological polar surface area (TPSA) is 41.8 Å². The number of ether oxygens (including phenoxy) is 1. The van der Waals surface area contributed by atoms with Crippen LogP contribution in [0.2, 0.25) is 0 Å². The number of hydrogen-bond donors (Lipinski definition) is 1. The molecule has 1 saturated carbocycles. The molecule has 0 aromatic carbocycles. The van der Waals surface area contributed by atoms with Gasteiger partial charge in [0, 0.05) is 44.9 Å². The van der Waals surface area contributed by atoms with E-state index in [1.165, 1.54) is 25.0 Å². The van der Waals surface area contributed by atoms with Gasteiger partial charge in [-0.2, -0.15) is 0 Å². The fourth-order valence-electron chi connectivity index (χ4n) is 2.60. The molecule has 0 unspecified atom stereocenters. The zero-order valence-electron chi connectivity index (χ0n) is 12.1. The molecular weight excluding hydrogens is 272 g/mol. The predicted octanol–water partition coefficient (Wildman–Crippen LogP) is 2.12. The summed E-state index contributed by atoms with van der Waals surface area (Å²) in [4.78, 5) is 8.25. The summed E-state index contributed by atoms with van der Waals surface area (Å²) in [5.74, 6) is 1.13. The maximum absolute atomic E-state index is 5.08. The Morgan fingerprint density at radius 2 is 2.40 bits per heavy atom. The van der Waals surface area contributed by atoms with Gasteiger partial charge in [-0.3, -0.25) is 4.40 Å². The highest BCUT2D eigenvalue weighted by molar-refractivity contribution is 7.15. The third-order valence-corrected chi connectivity index (χ3v) is 4.83. The first-order valence-electron chi connectivity index (χ1n) is 7.18. The van der Waals surface area contributed by atoms with E-state index in [1.807, 2.05) is 0 Å². The molecule has 0 aliphatic heterocycles. The number of hydrogen-bond acceptors (Lipinski definition) is 5. The van der Waals surface area contributed by atoms with Crippen molar-refractivity contribution in [2.45, 2.75) is 31.8 Å². The molecule has 2 aromatic rings. The van der Waals surface area contributed by atoms with Gasteiger partial charge in [0.05, 0.1) is 12.3 Å². The number of anilines is 1. The van der Waals surface area contributed by atoms with Crippen LogP contribution in [-0.2, 0) is 11.3 Å². The minimum absolute atomic E-state index is 0.664. The molecule has 1 fully saturated rings. The lowest BCUT2D eigenvalue weighted by Crippen LogP contribution is -2.38. The van der Waals surface area contributed by atoms with Crippen molar-refractivity contribution in [2.75, 3.05) is 32.2 Å². The Bertz CT molecular complexity index is 561. The van der Waals surface area contributed by atoms with Crippen LogP contribution >= 0.6 is 11.3 Å². The second kappa shape index (κ2) is 6.11. The lowest BCUT2D eigenvalue weighted by atomic mass is 9.92. The molecule has 0 spiro atoms. The molecule has 0 radical (unpaired) electrons. The van der Waals surface area contributed by atoms with Crippen molar-refractivity contribution >= 4 is 22.1 Å². The predicted molar refractivity (Wildman–Crippen MR) is 82.7 cm³/mol. The number of methoxy groups -OCH3 is 1. The monoisotopic (exact) mass is 294 g/mol.